The molecule has 1 aliphatic rings. The molecule has 1 aromatic carbocycles. The summed E-state index contributed by atoms with van der Waals surface area (Å²) in [7, 11) is 0. The van der Waals surface area contributed by atoms with Gasteiger partial charge < -0.3 is 4.42 Å². The van der Waals surface area contributed by atoms with Crippen LogP contribution in [0.25, 0.3) is 0 Å². The molecule has 7 nitrogen and oxygen atoms in total. The van der Waals surface area contributed by atoms with Crippen molar-refractivity contribution < 1.29 is 4.42 Å². The molecule has 0 aliphatic carbocycles. The number of furan rings is 1. The largest absolute Gasteiger partial charge is 0.468 e. The molecule has 0 amide bonds. The first-order valence-corrected chi connectivity index (χ1v) is 9.99. The highest BCUT2D eigenvalue weighted by atomic mass is 16.3. The highest BCUT2D eigenvalue weighted by Gasteiger charge is 2.31. The van der Waals surface area contributed by atoms with Crippen molar-refractivity contribution in [3.8, 4) is 0 Å². The van der Waals surface area contributed by atoms with Crippen LogP contribution in [-0.4, -0.2) is 56.2 Å². The van der Waals surface area contributed by atoms with E-state index < -0.39 is 0 Å². The molecule has 148 valence electrons. The van der Waals surface area contributed by atoms with Gasteiger partial charge in [0.1, 0.15) is 5.76 Å². The predicted octanol–water partition coefficient (Wildman–Crippen LogP) is 2.83. The normalized spacial score (nSPS) is 17.2. The summed E-state index contributed by atoms with van der Waals surface area (Å²) in [6.07, 6.45) is 1.74. The minimum absolute atomic E-state index is 0.212. The van der Waals surface area contributed by atoms with E-state index in [1.54, 1.807) is 6.26 Å². The zero-order valence-electron chi connectivity index (χ0n) is 16.6. The topological polar surface area (TPSA) is 63.2 Å². The number of nitrogens with zero attached hydrogens (tertiary/aromatic N) is 6. The summed E-state index contributed by atoms with van der Waals surface area (Å²) in [5.74, 6) is 2.41. The average Bonchev–Trinajstić information content (AvgIpc) is 3.37. The van der Waals surface area contributed by atoms with Crippen molar-refractivity contribution in [3.63, 3.8) is 0 Å². The Kier molecular flexibility index (Phi) is 5.83. The second-order valence-electron chi connectivity index (χ2n) is 7.76. The Labute approximate surface area is 165 Å². The molecule has 0 radical (unpaired) electrons. The van der Waals surface area contributed by atoms with Gasteiger partial charge in [0.25, 0.3) is 0 Å². The molecule has 0 unspecified atom stereocenters. The van der Waals surface area contributed by atoms with Crippen LogP contribution in [0, 0.1) is 5.92 Å². The van der Waals surface area contributed by atoms with Crippen LogP contribution in [0.5, 0.6) is 0 Å². The van der Waals surface area contributed by atoms with Gasteiger partial charge in [-0.15, -0.1) is 5.10 Å². The molecule has 0 saturated carbocycles. The number of benzene rings is 1. The molecule has 1 fully saturated rings. The van der Waals surface area contributed by atoms with Gasteiger partial charge in [-0.05, 0) is 34.0 Å². The lowest BCUT2D eigenvalue weighted by atomic mass is 10.0. The molecule has 1 aliphatic heterocycles. The molecular weight excluding hydrogens is 352 g/mol. The first kappa shape index (κ1) is 18.8. The average molecular weight is 380 g/mol. The van der Waals surface area contributed by atoms with Gasteiger partial charge in [-0.2, -0.15) is 0 Å². The second kappa shape index (κ2) is 8.67. The Morgan fingerprint density at radius 2 is 1.75 bits per heavy atom. The molecular formula is C21H28N6O. The van der Waals surface area contributed by atoms with Crippen molar-refractivity contribution in [3.05, 3.63) is 65.9 Å². The first-order valence-electron chi connectivity index (χ1n) is 9.99. The van der Waals surface area contributed by atoms with E-state index in [1.807, 2.05) is 22.9 Å². The molecule has 28 heavy (non-hydrogen) atoms. The van der Waals surface area contributed by atoms with Crippen molar-refractivity contribution in [2.75, 3.05) is 26.2 Å². The summed E-state index contributed by atoms with van der Waals surface area (Å²) in [6.45, 7) is 10.1. The Morgan fingerprint density at radius 1 is 0.964 bits per heavy atom. The zero-order chi connectivity index (χ0) is 19.3. The Hall–Kier alpha value is -2.51. The van der Waals surface area contributed by atoms with Gasteiger partial charge in [-0.25, -0.2) is 4.68 Å². The van der Waals surface area contributed by atoms with Gasteiger partial charge in [0, 0.05) is 26.2 Å². The molecule has 1 saturated heterocycles. The van der Waals surface area contributed by atoms with E-state index in [0.29, 0.717) is 12.5 Å². The van der Waals surface area contributed by atoms with E-state index in [1.165, 1.54) is 5.56 Å². The van der Waals surface area contributed by atoms with E-state index in [2.05, 4.69) is 63.4 Å². The number of hydrogen-bond acceptors (Lipinski definition) is 6. The number of rotatable bonds is 7. The lowest BCUT2D eigenvalue weighted by molar-refractivity contribution is 0.0634. The fraction of sp³-hybridized carbons (Fsp3) is 0.476. The highest BCUT2D eigenvalue weighted by Crippen LogP contribution is 2.28. The van der Waals surface area contributed by atoms with E-state index >= 15 is 0 Å². The van der Waals surface area contributed by atoms with Crippen molar-refractivity contribution in [1.82, 2.24) is 30.0 Å². The van der Waals surface area contributed by atoms with E-state index in [-0.39, 0.29) is 6.04 Å². The summed E-state index contributed by atoms with van der Waals surface area (Å²) in [6, 6.07) is 14.6. The number of hydrogen-bond donors (Lipinski definition) is 0. The molecule has 7 heteroatoms. The minimum atomic E-state index is 0.212. The molecule has 0 spiro atoms. The monoisotopic (exact) mass is 380 g/mol. The van der Waals surface area contributed by atoms with Crippen LogP contribution < -0.4 is 0 Å². The third-order valence-corrected chi connectivity index (χ3v) is 5.39. The van der Waals surface area contributed by atoms with Gasteiger partial charge in [0.2, 0.25) is 0 Å². The summed E-state index contributed by atoms with van der Waals surface area (Å²) >= 11 is 0. The van der Waals surface area contributed by atoms with Crippen molar-refractivity contribution >= 4 is 0 Å². The molecule has 1 atom stereocenters. The lowest BCUT2D eigenvalue weighted by Gasteiger charge is -2.40. The van der Waals surface area contributed by atoms with Crippen LogP contribution in [0.4, 0.5) is 0 Å². The van der Waals surface area contributed by atoms with E-state index in [0.717, 1.165) is 44.3 Å². The SMILES string of the molecule is CC(C)[C@H](c1nnnn1Cc1ccccc1)N1CCN(Cc2ccco2)CC1. The van der Waals surface area contributed by atoms with Crippen molar-refractivity contribution in [2.45, 2.75) is 33.0 Å². The maximum Gasteiger partial charge on any atom is 0.169 e. The predicted molar refractivity (Wildman–Crippen MR) is 106 cm³/mol. The van der Waals surface area contributed by atoms with E-state index in [4.69, 9.17) is 4.42 Å². The molecule has 0 N–H and O–H groups in total. The van der Waals surface area contributed by atoms with Crippen molar-refractivity contribution in [2.24, 2.45) is 5.92 Å². The quantitative estimate of drug-likeness (QED) is 0.628. The maximum atomic E-state index is 5.49. The molecule has 0 bridgehead atoms. The minimum Gasteiger partial charge on any atom is -0.468 e. The van der Waals surface area contributed by atoms with Gasteiger partial charge >= 0.3 is 0 Å². The fourth-order valence-corrected chi connectivity index (χ4v) is 4.00. The summed E-state index contributed by atoms with van der Waals surface area (Å²) in [4.78, 5) is 4.97. The lowest BCUT2D eigenvalue weighted by Crippen LogP contribution is -2.48. The zero-order valence-corrected chi connectivity index (χ0v) is 16.6. The first-order chi connectivity index (χ1) is 13.7. The highest BCUT2D eigenvalue weighted by molar-refractivity contribution is 5.15. The van der Waals surface area contributed by atoms with Crippen LogP contribution in [-0.2, 0) is 13.1 Å². The summed E-state index contributed by atoms with van der Waals surface area (Å²) in [5, 5.41) is 12.7. The van der Waals surface area contributed by atoms with Crippen molar-refractivity contribution in [1.29, 1.82) is 0 Å². The van der Waals surface area contributed by atoms with Crippen LogP contribution in [0.15, 0.2) is 53.1 Å². The van der Waals surface area contributed by atoms with Crippen LogP contribution in [0.3, 0.4) is 0 Å². The number of aromatic nitrogens is 4. The van der Waals surface area contributed by atoms with Crippen LogP contribution in [0.1, 0.15) is 37.0 Å². The van der Waals surface area contributed by atoms with Crippen LogP contribution >= 0.6 is 0 Å². The van der Waals surface area contributed by atoms with Gasteiger partial charge in [0.15, 0.2) is 5.82 Å². The fourth-order valence-electron chi connectivity index (χ4n) is 4.00. The van der Waals surface area contributed by atoms with Gasteiger partial charge in [-0.3, -0.25) is 9.80 Å². The maximum absolute atomic E-state index is 5.49. The molecule has 2 aromatic heterocycles. The van der Waals surface area contributed by atoms with Crippen LogP contribution in [0.2, 0.25) is 0 Å². The Balaban J connectivity index is 1.44. The molecule has 3 heterocycles. The Bertz CT molecular complexity index is 837. The summed E-state index contributed by atoms with van der Waals surface area (Å²) < 4.78 is 7.45. The standard InChI is InChI=1S/C21H28N6O/c1-17(2)20(21-22-23-24-27(21)15-18-7-4-3-5-8-18)26-12-10-25(11-13-26)16-19-9-6-14-28-19/h3-9,14,17,20H,10-13,15-16H2,1-2H3/t20-/m1/s1. The summed E-state index contributed by atoms with van der Waals surface area (Å²) in [5.41, 5.74) is 1.21. The second-order valence-corrected chi connectivity index (χ2v) is 7.76. The van der Waals surface area contributed by atoms with Gasteiger partial charge in [-0.1, -0.05) is 44.2 Å². The smallest absolute Gasteiger partial charge is 0.169 e. The molecule has 4 rings (SSSR count). The third-order valence-electron chi connectivity index (χ3n) is 5.39. The Morgan fingerprint density at radius 3 is 2.43 bits per heavy atom. The molecule has 3 aromatic rings. The number of tetrazole rings is 1. The van der Waals surface area contributed by atoms with E-state index in [9.17, 15) is 0 Å². The van der Waals surface area contributed by atoms with Gasteiger partial charge in [0.05, 0.1) is 25.4 Å². The number of piperazine rings is 1. The third kappa shape index (κ3) is 4.31.